The Morgan fingerprint density at radius 2 is 1.56 bits per heavy atom. The first-order valence-electron chi connectivity index (χ1n) is 11.1. The molecule has 1 fully saturated rings. The molecule has 0 atom stereocenters. The fourth-order valence-electron chi connectivity index (χ4n) is 3.72. The predicted octanol–water partition coefficient (Wildman–Crippen LogP) is 3.73. The van der Waals surface area contributed by atoms with Crippen LogP contribution in [0.1, 0.15) is 38.5 Å². The molecule has 0 aromatic heterocycles. The maximum Gasteiger partial charge on any atom is 0.264 e. The number of anilines is 1. The quantitative estimate of drug-likeness (QED) is 0.425. The molecule has 1 N–H and O–H groups in total. The first kappa shape index (κ1) is 25.4. The highest BCUT2D eigenvalue weighted by atomic mass is 32.2. The average molecular weight is 490 g/mol. The van der Waals surface area contributed by atoms with Gasteiger partial charge in [-0.2, -0.15) is 5.10 Å². The third kappa shape index (κ3) is 6.19. The van der Waals surface area contributed by atoms with Gasteiger partial charge in [-0.15, -0.1) is 0 Å². The average Bonchev–Trinajstić information content (AvgIpc) is 3.14. The van der Waals surface area contributed by atoms with Gasteiger partial charge >= 0.3 is 0 Å². The van der Waals surface area contributed by atoms with Crippen LogP contribution in [0.25, 0.3) is 0 Å². The van der Waals surface area contributed by atoms with E-state index in [0.29, 0.717) is 17.2 Å². The third-order valence-corrected chi connectivity index (χ3v) is 7.38. The molecule has 34 heavy (non-hydrogen) atoms. The van der Waals surface area contributed by atoms with E-state index in [4.69, 9.17) is 14.2 Å². The Kier molecular flexibility index (Phi) is 8.75. The smallest absolute Gasteiger partial charge is 0.264 e. The van der Waals surface area contributed by atoms with Gasteiger partial charge in [0.2, 0.25) is 0 Å². The van der Waals surface area contributed by atoms with E-state index in [1.54, 1.807) is 24.3 Å². The van der Waals surface area contributed by atoms with Crippen molar-refractivity contribution in [3.05, 3.63) is 42.5 Å². The van der Waals surface area contributed by atoms with Crippen LogP contribution in [0.5, 0.6) is 17.2 Å². The van der Waals surface area contributed by atoms with Crippen LogP contribution in [0.3, 0.4) is 0 Å². The van der Waals surface area contributed by atoms with E-state index in [0.717, 1.165) is 48.5 Å². The largest absolute Gasteiger partial charge is 0.497 e. The van der Waals surface area contributed by atoms with Crippen molar-refractivity contribution >= 4 is 27.3 Å². The summed E-state index contributed by atoms with van der Waals surface area (Å²) in [4.78, 5) is 12.7. The van der Waals surface area contributed by atoms with E-state index in [1.165, 1.54) is 39.5 Å². The lowest BCUT2D eigenvalue weighted by Gasteiger charge is -2.24. The Labute approximate surface area is 200 Å². The number of hydrazone groups is 1. The summed E-state index contributed by atoms with van der Waals surface area (Å²) in [7, 11) is 0.288. The second kappa shape index (κ2) is 11.7. The van der Waals surface area contributed by atoms with Gasteiger partial charge in [0.15, 0.2) is 11.5 Å². The van der Waals surface area contributed by atoms with Crippen LogP contribution in [-0.2, 0) is 14.8 Å². The maximum absolute atomic E-state index is 13.6. The van der Waals surface area contributed by atoms with Crippen molar-refractivity contribution in [1.29, 1.82) is 0 Å². The van der Waals surface area contributed by atoms with Crippen molar-refractivity contribution in [3.63, 3.8) is 0 Å². The highest BCUT2D eigenvalue weighted by Gasteiger charge is 2.28. The van der Waals surface area contributed by atoms with Crippen molar-refractivity contribution in [3.8, 4) is 17.2 Å². The molecule has 10 heteroatoms. The number of nitrogens with one attached hydrogen (secondary N) is 1. The number of carbonyl (C=O) groups excluding carboxylic acids is 1. The number of carbonyl (C=O) groups is 1. The predicted molar refractivity (Wildman–Crippen MR) is 130 cm³/mol. The fourth-order valence-corrected chi connectivity index (χ4v) is 5.16. The number of ether oxygens (including phenoxy) is 3. The number of hydrogen-bond donors (Lipinski definition) is 1. The molecular weight excluding hydrogens is 458 g/mol. The summed E-state index contributed by atoms with van der Waals surface area (Å²) < 4.78 is 43.9. The number of benzene rings is 2. The highest BCUT2D eigenvalue weighted by molar-refractivity contribution is 7.92. The number of rotatable bonds is 9. The monoisotopic (exact) mass is 489 g/mol. The molecule has 0 aliphatic heterocycles. The van der Waals surface area contributed by atoms with E-state index in [9.17, 15) is 13.2 Å². The van der Waals surface area contributed by atoms with Crippen molar-refractivity contribution in [2.24, 2.45) is 5.10 Å². The summed E-state index contributed by atoms with van der Waals surface area (Å²) in [5.74, 6) is 0.699. The Hall–Kier alpha value is -3.27. The SMILES string of the molecule is COc1ccc(N(CC(=O)NN=C2CCCCCC2)S(=O)(=O)c2ccc(OC)c(OC)c2)cc1. The second-order valence-corrected chi connectivity index (χ2v) is 9.72. The summed E-state index contributed by atoms with van der Waals surface area (Å²) in [5, 5.41) is 4.26. The van der Waals surface area contributed by atoms with Crippen molar-refractivity contribution in [2.75, 3.05) is 32.2 Å². The van der Waals surface area contributed by atoms with Crippen molar-refractivity contribution < 1.29 is 27.4 Å². The maximum atomic E-state index is 13.6. The number of methoxy groups -OCH3 is 3. The normalized spacial score (nSPS) is 14.0. The summed E-state index contributed by atoms with van der Waals surface area (Å²) in [6.45, 7) is -0.445. The fraction of sp³-hybridized carbons (Fsp3) is 0.417. The molecule has 0 spiro atoms. The van der Waals surface area contributed by atoms with Gasteiger partial charge in [-0.05, 0) is 62.1 Å². The summed E-state index contributed by atoms with van der Waals surface area (Å²) >= 11 is 0. The van der Waals surface area contributed by atoms with Crippen LogP contribution in [-0.4, -0.2) is 47.9 Å². The number of sulfonamides is 1. The molecule has 0 unspecified atom stereocenters. The molecule has 9 nitrogen and oxygen atoms in total. The zero-order valence-electron chi connectivity index (χ0n) is 19.7. The molecule has 1 amide bonds. The Bertz CT molecular complexity index is 1110. The van der Waals surface area contributed by atoms with Gasteiger partial charge in [0, 0.05) is 11.8 Å². The summed E-state index contributed by atoms with van der Waals surface area (Å²) in [6.07, 6.45) is 6.07. The third-order valence-electron chi connectivity index (χ3n) is 5.61. The van der Waals surface area contributed by atoms with Gasteiger partial charge in [-0.25, -0.2) is 13.8 Å². The Morgan fingerprint density at radius 1 is 0.912 bits per heavy atom. The minimum absolute atomic E-state index is 0.0381. The van der Waals surface area contributed by atoms with Crippen LogP contribution in [0, 0.1) is 0 Å². The molecule has 1 aliphatic rings. The van der Waals surface area contributed by atoms with E-state index < -0.39 is 22.5 Å². The number of nitrogens with zero attached hydrogens (tertiary/aromatic N) is 2. The van der Waals surface area contributed by atoms with E-state index in [-0.39, 0.29) is 10.6 Å². The molecular formula is C24H31N3O6S. The lowest BCUT2D eigenvalue weighted by atomic mass is 10.2. The van der Waals surface area contributed by atoms with Crippen LogP contribution < -0.4 is 23.9 Å². The second-order valence-electron chi connectivity index (χ2n) is 7.85. The highest BCUT2D eigenvalue weighted by Crippen LogP contribution is 2.32. The molecule has 2 aromatic rings. The van der Waals surface area contributed by atoms with Gasteiger partial charge in [0.1, 0.15) is 12.3 Å². The molecule has 2 aromatic carbocycles. The van der Waals surface area contributed by atoms with Crippen molar-refractivity contribution in [1.82, 2.24) is 5.43 Å². The zero-order valence-corrected chi connectivity index (χ0v) is 20.6. The van der Waals surface area contributed by atoms with Gasteiger partial charge in [-0.3, -0.25) is 9.10 Å². The van der Waals surface area contributed by atoms with Crippen LogP contribution in [0.15, 0.2) is 52.5 Å². The lowest BCUT2D eigenvalue weighted by molar-refractivity contribution is -0.119. The topological polar surface area (TPSA) is 107 Å². The molecule has 0 saturated heterocycles. The van der Waals surface area contributed by atoms with Gasteiger partial charge in [0.05, 0.1) is 31.9 Å². The number of hydrogen-bond acceptors (Lipinski definition) is 7. The first-order chi connectivity index (χ1) is 16.4. The lowest BCUT2D eigenvalue weighted by Crippen LogP contribution is -2.39. The molecule has 1 saturated carbocycles. The molecule has 184 valence electrons. The minimum atomic E-state index is -4.13. The Balaban J connectivity index is 1.91. The van der Waals surface area contributed by atoms with E-state index >= 15 is 0 Å². The zero-order chi connectivity index (χ0) is 24.6. The molecule has 0 heterocycles. The van der Waals surface area contributed by atoms with Gasteiger partial charge in [0.25, 0.3) is 15.9 Å². The number of amides is 1. The van der Waals surface area contributed by atoms with Crippen molar-refractivity contribution in [2.45, 2.75) is 43.4 Å². The Morgan fingerprint density at radius 3 is 2.15 bits per heavy atom. The van der Waals surface area contributed by atoms with E-state index in [1.807, 2.05) is 0 Å². The van der Waals surface area contributed by atoms with E-state index in [2.05, 4.69) is 10.5 Å². The molecule has 1 aliphatic carbocycles. The minimum Gasteiger partial charge on any atom is -0.497 e. The van der Waals surface area contributed by atoms with Crippen LogP contribution in [0.2, 0.25) is 0 Å². The molecule has 0 radical (unpaired) electrons. The first-order valence-corrected chi connectivity index (χ1v) is 12.6. The van der Waals surface area contributed by atoms with Gasteiger partial charge in [-0.1, -0.05) is 12.8 Å². The molecule has 0 bridgehead atoms. The molecule has 3 rings (SSSR count). The van der Waals surface area contributed by atoms with Crippen LogP contribution >= 0.6 is 0 Å². The van der Waals surface area contributed by atoms with Crippen LogP contribution in [0.4, 0.5) is 5.69 Å². The standard InChI is InChI=1S/C24H31N3O6S/c1-31-20-12-10-19(11-13-20)27(17-24(28)26-25-18-8-6-4-5-7-9-18)34(29,30)21-14-15-22(32-2)23(16-21)33-3/h10-16H,4-9,17H2,1-3H3,(H,26,28). The summed E-state index contributed by atoms with van der Waals surface area (Å²) in [6, 6.07) is 10.7. The summed E-state index contributed by atoms with van der Waals surface area (Å²) in [5.41, 5.74) is 3.79. The van der Waals surface area contributed by atoms with Gasteiger partial charge < -0.3 is 14.2 Å².